The Bertz CT molecular complexity index is 1070. The van der Waals surface area contributed by atoms with Crippen LogP contribution in [0.3, 0.4) is 0 Å². The van der Waals surface area contributed by atoms with Gasteiger partial charge in [-0.3, -0.25) is 19.2 Å². The predicted octanol–water partition coefficient (Wildman–Crippen LogP) is 1.99. The summed E-state index contributed by atoms with van der Waals surface area (Å²) in [6.07, 6.45) is -3.52. The second-order valence-corrected chi connectivity index (χ2v) is 9.62. The van der Waals surface area contributed by atoms with E-state index in [2.05, 4.69) is 6.58 Å². The Hall–Kier alpha value is -3.38. The first-order valence-electron chi connectivity index (χ1n) is 13.0. The van der Waals surface area contributed by atoms with E-state index in [0.29, 0.717) is 6.42 Å². The molecule has 0 radical (unpaired) electrons. The molecule has 2 aliphatic rings. The molecule has 0 bridgehead atoms. The van der Waals surface area contributed by atoms with Gasteiger partial charge < -0.3 is 33.5 Å². The molecule has 1 N–H and O–H groups in total. The zero-order valence-corrected chi connectivity index (χ0v) is 22.8. The van der Waals surface area contributed by atoms with Gasteiger partial charge >= 0.3 is 17.9 Å². The maximum Gasteiger partial charge on any atom is 0.303 e. The number of aliphatic hydroxyl groups excluding tert-OH is 1. The number of ether oxygens (including phenoxy) is 6. The molecule has 1 saturated heterocycles. The van der Waals surface area contributed by atoms with E-state index in [0.717, 1.165) is 5.56 Å². The normalized spacial score (nSPS) is 27.4. The SMILES string of the molecule is C=CCC1C=CC(=O)C([C@@H](OC(C)=O)C2OC(C[C@H](COC(C)=O)OC(C)=O)C(OCc3ccccc3)[C@H]2O)O1. The Morgan fingerprint density at radius 2 is 1.75 bits per heavy atom. The lowest BCUT2D eigenvalue weighted by Crippen LogP contribution is -2.52. The standard InChI is InChI=1S/C29H36O11/c1-5-9-21-12-13-23(33)26(39-21)29(38-19(4)32)28-25(34)27(36-15-20-10-7-6-8-11-20)24(40-28)14-22(37-18(3)31)16-35-17(2)30/h5-8,10-13,21-22,24-29,34H,1,9,14-16H2,2-4H3/t21?,22-,24?,25-,26?,27?,28?,29-/m1/s1. The minimum Gasteiger partial charge on any atom is -0.462 e. The average Bonchev–Trinajstić information content (AvgIpc) is 3.20. The van der Waals surface area contributed by atoms with Gasteiger partial charge in [0.1, 0.15) is 31.0 Å². The molecular formula is C29H36O11. The van der Waals surface area contributed by atoms with Crippen LogP contribution in [0.2, 0.25) is 0 Å². The molecule has 0 aromatic heterocycles. The summed E-state index contributed by atoms with van der Waals surface area (Å²) in [5.41, 5.74) is 0.827. The minimum absolute atomic E-state index is 0.0227. The highest BCUT2D eigenvalue weighted by Gasteiger charge is 2.53. The van der Waals surface area contributed by atoms with Crippen molar-refractivity contribution >= 4 is 23.7 Å². The van der Waals surface area contributed by atoms with E-state index < -0.39 is 72.5 Å². The van der Waals surface area contributed by atoms with Gasteiger partial charge in [0.15, 0.2) is 18.0 Å². The third-order valence-electron chi connectivity index (χ3n) is 6.36. The molecule has 0 amide bonds. The Morgan fingerprint density at radius 3 is 2.38 bits per heavy atom. The summed E-state index contributed by atoms with van der Waals surface area (Å²) >= 11 is 0. The molecule has 1 aromatic rings. The first-order chi connectivity index (χ1) is 19.1. The Kier molecular flexibility index (Phi) is 11.6. The molecular weight excluding hydrogens is 524 g/mol. The molecule has 40 heavy (non-hydrogen) atoms. The number of carbonyl (C=O) groups is 4. The van der Waals surface area contributed by atoms with Gasteiger partial charge in [-0.05, 0) is 18.1 Å². The third kappa shape index (κ3) is 8.82. The van der Waals surface area contributed by atoms with Crippen LogP contribution in [0.4, 0.5) is 0 Å². The number of hydrogen-bond acceptors (Lipinski definition) is 11. The van der Waals surface area contributed by atoms with Crippen LogP contribution in [-0.2, 0) is 54.2 Å². The molecule has 8 atom stereocenters. The van der Waals surface area contributed by atoms with E-state index in [1.165, 1.54) is 26.8 Å². The fourth-order valence-corrected chi connectivity index (χ4v) is 4.68. The van der Waals surface area contributed by atoms with E-state index in [-0.39, 0.29) is 19.6 Å². The second kappa shape index (κ2) is 14.8. The van der Waals surface area contributed by atoms with E-state index in [1.54, 1.807) is 12.2 Å². The van der Waals surface area contributed by atoms with E-state index in [4.69, 9.17) is 28.4 Å². The van der Waals surface area contributed by atoms with Crippen molar-refractivity contribution in [3.05, 3.63) is 60.7 Å². The fraction of sp³-hybridized carbons (Fsp3) is 0.517. The molecule has 0 saturated carbocycles. The lowest BCUT2D eigenvalue weighted by molar-refractivity contribution is -0.183. The van der Waals surface area contributed by atoms with Crippen molar-refractivity contribution < 1.29 is 52.7 Å². The average molecular weight is 561 g/mol. The molecule has 218 valence electrons. The first kappa shape index (κ1) is 31.2. The quantitative estimate of drug-likeness (QED) is 0.215. The van der Waals surface area contributed by atoms with Crippen LogP contribution in [0.25, 0.3) is 0 Å². The van der Waals surface area contributed by atoms with E-state index in [9.17, 15) is 24.3 Å². The molecule has 1 aromatic carbocycles. The Labute approximate surface area is 233 Å². The number of benzene rings is 1. The topological polar surface area (TPSA) is 144 Å². The van der Waals surface area contributed by atoms with Crippen LogP contribution < -0.4 is 0 Å². The van der Waals surface area contributed by atoms with Gasteiger partial charge in [-0.1, -0.05) is 42.5 Å². The number of aliphatic hydroxyl groups is 1. The molecule has 0 spiro atoms. The van der Waals surface area contributed by atoms with Crippen molar-refractivity contribution in [1.29, 1.82) is 0 Å². The van der Waals surface area contributed by atoms with Gasteiger partial charge in [0.25, 0.3) is 0 Å². The van der Waals surface area contributed by atoms with Crippen molar-refractivity contribution in [2.45, 2.75) is 89.1 Å². The smallest absolute Gasteiger partial charge is 0.303 e. The van der Waals surface area contributed by atoms with Gasteiger partial charge in [0, 0.05) is 27.2 Å². The van der Waals surface area contributed by atoms with Gasteiger partial charge in [-0.25, -0.2) is 0 Å². The summed E-state index contributed by atoms with van der Waals surface area (Å²) in [6.45, 7) is 7.17. The number of hydrogen-bond donors (Lipinski definition) is 1. The zero-order chi connectivity index (χ0) is 29.2. The van der Waals surface area contributed by atoms with Gasteiger partial charge in [0.2, 0.25) is 0 Å². The zero-order valence-electron chi connectivity index (χ0n) is 22.8. The summed E-state index contributed by atoms with van der Waals surface area (Å²) in [5.74, 6) is -2.33. The maximum absolute atomic E-state index is 12.8. The predicted molar refractivity (Wildman–Crippen MR) is 140 cm³/mol. The Balaban J connectivity index is 1.89. The molecule has 11 nitrogen and oxygen atoms in total. The summed E-state index contributed by atoms with van der Waals surface area (Å²) in [5, 5.41) is 11.4. The van der Waals surface area contributed by atoms with Crippen molar-refractivity contribution in [1.82, 2.24) is 0 Å². The lowest BCUT2D eigenvalue weighted by Gasteiger charge is -2.34. The van der Waals surface area contributed by atoms with Gasteiger partial charge in [-0.15, -0.1) is 6.58 Å². The van der Waals surface area contributed by atoms with Crippen LogP contribution in [0.5, 0.6) is 0 Å². The number of carbonyl (C=O) groups excluding carboxylic acids is 4. The molecule has 11 heteroatoms. The molecule has 2 aliphatic heterocycles. The molecule has 1 fully saturated rings. The van der Waals surface area contributed by atoms with Crippen LogP contribution in [-0.4, -0.2) is 84.2 Å². The molecule has 5 unspecified atom stereocenters. The van der Waals surface area contributed by atoms with Crippen molar-refractivity contribution in [3.63, 3.8) is 0 Å². The summed E-state index contributed by atoms with van der Waals surface area (Å²) in [6, 6.07) is 9.23. The van der Waals surface area contributed by atoms with E-state index in [1.807, 2.05) is 30.3 Å². The van der Waals surface area contributed by atoms with Crippen LogP contribution >= 0.6 is 0 Å². The highest BCUT2D eigenvalue weighted by atomic mass is 16.6. The first-order valence-corrected chi connectivity index (χ1v) is 13.0. The van der Waals surface area contributed by atoms with Crippen molar-refractivity contribution in [3.8, 4) is 0 Å². The number of rotatable bonds is 13. The fourth-order valence-electron chi connectivity index (χ4n) is 4.68. The number of esters is 3. The molecule has 2 heterocycles. The van der Waals surface area contributed by atoms with E-state index >= 15 is 0 Å². The number of ketones is 1. The maximum atomic E-state index is 12.8. The lowest BCUT2D eigenvalue weighted by atomic mass is 9.94. The summed E-state index contributed by atoms with van der Waals surface area (Å²) in [4.78, 5) is 48.1. The van der Waals surface area contributed by atoms with Crippen molar-refractivity contribution in [2.24, 2.45) is 0 Å². The van der Waals surface area contributed by atoms with Crippen molar-refractivity contribution in [2.75, 3.05) is 6.61 Å². The monoisotopic (exact) mass is 560 g/mol. The Morgan fingerprint density at radius 1 is 1.05 bits per heavy atom. The van der Waals surface area contributed by atoms with Crippen LogP contribution in [0.15, 0.2) is 55.1 Å². The summed E-state index contributed by atoms with van der Waals surface area (Å²) in [7, 11) is 0. The largest absolute Gasteiger partial charge is 0.462 e. The highest BCUT2D eigenvalue weighted by Crippen LogP contribution is 2.34. The van der Waals surface area contributed by atoms with Gasteiger partial charge in [0.05, 0.1) is 18.8 Å². The third-order valence-corrected chi connectivity index (χ3v) is 6.36. The second-order valence-electron chi connectivity index (χ2n) is 9.62. The van der Waals surface area contributed by atoms with Crippen LogP contribution in [0.1, 0.15) is 39.2 Å². The molecule has 0 aliphatic carbocycles. The van der Waals surface area contributed by atoms with Crippen LogP contribution in [0, 0.1) is 0 Å². The minimum atomic E-state index is -1.37. The highest BCUT2D eigenvalue weighted by molar-refractivity contribution is 5.95. The van der Waals surface area contributed by atoms with Gasteiger partial charge in [-0.2, -0.15) is 0 Å². The molecule has 3 rings (SSSR count). The summed E-state index contributed by atoms with van der Waals surface area (Å²) < 4.78 is 34.1.